The Hall–Kier alpha value is -3.08. The van der Waals surface area contributed by atoms with Crippen molar-refractivity contribution in [3.63, 3.8) is 0 Å². The molecule has 176 valence electrons. The number of carbonyl (C=O) groups is 4. The van der Waals surface area contributed by atoms with Gasteiger partial charge in [-0.25, -0.2) is 0 Å². The number of nitrogens with one attached hydrogen (secondary N) is 1. The molecule has 3 aliphatic rings. The highest BCUT2D eigenvalue weighted by Gasteiger charge is 2.48. The molecule has 1 saturated carbocycles. The van der Waals surface area contributed by atoms with Crippen LogP contribution in [0.15, 0.2) is 48.5 Å². The van der Waals surface area contributed by atoms with Crippen LogP contribution in [0.2, 0.25) is 0 Å². The predicted molar refractivity (Wildman–Crippen MR) is 128 cm³/mol. The lowest BCUT2D eigenvalue weighted by Crippen LogP contribution is -2.49. The Morgan fingerprint density at radius 2 is 1.68 bits per heavy atom. The average molecular weight is 458 g/mol. The van der Waals surface area contributed by atoms with Crippen LogP contribution in [0, 0.1) is 16.7 Å². The Morgan fingerprint density at radius 3 is 2.38 bits per heavy atom. The summed E-state index contributed by atoms with van der Waals surface area (Å²) >= 11 is 0. The summed E-state index contributed by atoms with van der Waals surface area (Å²) in [5, 5.41) is 2.50. The van der Waals surface area contributed by atoms with E-state index in [1.54, 1.807) is 0 Å². The van der Waals surface area contributed by atoms with Gasteiger partial charge in [-0.2, -0.15) is 0 Å². The van der Waals surface area contributed by atoms with E-state index in [9.17, 15) is 19.2 Å². The zero-order chi connectivity index (χ0) is 23.9. The Kier molecular flexibility index (Phi) is 5.75. The van der Waals surface area contributed by atoms with Crippen LogP contribution in [0.25, 0.3) is 0 Å². The zero-order valence-corrected chi connectivity index (χ0v) is 19.7. The number of imide groups is 1. The van der Waals surface area contributed by atoms with Crippen LogP contribution in [0.4, 0.5) is 0 Å². The topological polar surface area (TPSA) is 80.3 Å². The molecule has 5 nitrogen and oxygen atoms in total. The first kappa shape index (κ1) is 22.7. The van der Waals surface area contributed by atoms with Gasteiger partial charge in [0.2, 0.25) is 11.8 Å². The third kappa shape index (κ3) is 4.48. The van der Waals surface area contributed by atoms with E-state index in [1.165, 1.54) is 0 Å². The first-order valence-corrected chi connectivity index (χ1v) is 12.3. The average Bonchev–Trinajstić information content (AvgIpc) is 3.45. The molecule has 0 aromatic heterocycles. The van der Waals surface area contributed by atoms with Gasteiger partial charge in [-0.15, -0.1) is 0 Å². The number of carbonyl (C=O) groups excluding carboxylic acids is 4. The number of hydrogen-bond acceptors (Lipinski definition) is 4. The number of benzene rings is 2. The van der Waals surface area contributed by atoms with Gasteiger partial charge in [0.05, 0.1) is 5.41 Å². The number of ketones is 2. The quantitative estimate of drug-likeness (QED) is 0.609. The maximum Gasteiger partial charge on any atom is 0.233 e. The van der Waals surface area contributed by atoms with E-state index in [0.717, 1.165) is 35.1 Å². The van der Waals surface area contributed by atoms with Crippen LogP contribution < -0.4 is 5.32 Å². The van der Waals surface area contributed by atoms with E-state index >= 15 is 0 Å². The van der Waals surface area contributed by atoms with Crippen LogP contribution in [0.1, 0.15) is 61.3 Å². The fourth-order valence-corrected chi connectivity index (χ4v) is 5.70. The number of hydrogen-bond donors (Lipinski definition) is 1. The van der Waals surface area contributed by atoms with Gasteiger partial charge in [0.15, 0.2) is 0 Å². The summed E-state index contributed by atoms with van der Waals surface area (Å²) in [6.45, 7) is 2.02. The minimum atomic E-state index is -0.536. The highest BCUT2D eigenvalue weighted by molar-refractivity contribution is 6.01. The molecule has 1 unspecified atom stereocenters. The largest absolute Gasteiger partial charge is 0.299 e. The van der Waals surface area contributed by atoms with Gasteiger partial charge in [-0.05, 0) is 60.8 Å². The molecule has 0 radical (unpaired) electrons. The van der Waals surface area contributed by atoms with Crippen molar-refractivity contribution in [3.8, 4) is 0 Å². The smallest absolute Gasteiger partial charge is 0.233 e. The van der Waals surface area contributed by atoms with Crippen molar-refractivity contribution in [2.45, 2.75) is 64.7 Å². The maximum atomic E-state index is 13.2. The first-order valence-electron chi connectivity index (χ1n) is 12.3. The van der Waals surface area contributed by atoms with Crippen LogP contribution in [0.5, 0.6) is 0 Å². The van der Waals surface area contributed by atoms with Crippen molar-refractivity contribution in [1.29, 1.82) is 0 Å². The first-order chi connectivity index (χ1) is 16.3. The summed E-state index contributed by atoms with van der Waals surface area (Å²) in [6.07, 6.45) is 5.17. The lowest BCUT2D eigenvalue weighted by molar-refractivity contribution is -0.141. The molecule has 2 amide bonds. The van der Waals surface area contributed by atoms with Gasteiger partial charge in [0.1, 0.15) is 11.6 Å². The summed E-state index contributed by atoms with van der Waals surface area (Å²) < 4.78 is 0. The molecule has 2 aromatic rings. The van der Waals surface area contributed by atoms with Crippen LogP contribution in [0.3, 0.4) is 0 Å². The predicted octanol–water partition coefficient (Wildman–Crippen LogP) is 3.94. The molecule has 1 saturated heterocycles. The van der Waals surface area contributed by atoms with Gasteiger partial charge < -0.3 is 0 Å². The van der Waals surface area contributed by atoms with E-state index in [1.807, 2.05) is 55.5 Å². The molecule has 1 N–H and O–H groups in total. The van der Waals surface area contributed by atoms with E-state index in [-0.39, 0.29) is 41.1 Å². The van der Waals surface area contributed by atoms with Crippen molar-refractivity contribution in [1.82, 2.24) is 5.32 Å². The van der Waals surface area contributed by atoms with E-state index in [0.29, 0.717) is 38.5 Å². The molecule has 1 aliphatic heterocycles. The molecule has 2 aliphatic carbocycles. The molecule has 1 heterocycles. The van der Waals surface area contributed by atoms with Gasteiger partial charge in [-0.1, -0.05) is 55.5 Å². The van der Waals surface area contributed by atoms with Crippen LogP contribution >= 0.6 is 0 Å². The Labute approximate surface area is 200 Å². The summed E-state index contributed by atoms with van der Waals surface area (Å²) in [4.78, 5) is 50.4. The lowest BCUT2D eigenvalue weighted by atomic mass is 9.77. The van der Waals surface area contributed by atoms with E-state index in [2.05, 4.69) is 5.32 Å². The zero-order valence-electron chi connectivity index (χ0n) is 19.7. The number of amides is 2. The Balaban J connectivity index is 1.27. The SMILES string of the molecule is CC1(C(=O)C(CC(=O)Cc2ccc3c(c2)C[C@@]2(CCC(=O)NC2=O)C3)Cc2ccccc2)CC1. The Morgan fingerprint density at radius 1 is 0.941 bits per heavy atom. The van der Waals surface area contributed by atoms with Crippen molar-refractivity contribution in [3.05, 3.63) is 70.8 Å². The van der Waals surface area contributed by atoms with Gasteiger partial charge in [0.25, 0.3) is 0 Å². The van der Waals surface area contributed by atoms with Gasteiger partial charge in [0, 0.05) is 30.6 Å². The molecular formula is C29H31NO4. The summed E-state index contributed by atoms with van der Waals surface area (Å²) in [7, 11) is 0. The lowest BCUT2D eigenvalue weighted by Gasteiger charge is -2.31. The van der Waals surface area contributed by atoms with Gasteiger partial charge in [-0.3, -0.25) is 24.5 Å². The molecule has 5 heteroatoms. The third-order valence-corrected chi connectivity index (χ3v) is 8.06. The van der Waals surface area contributed by atoms with Crippen molar-refractivity contribution < 1.29 is 19.2 Å². The van der Waals surface area contributed by atoms with E-state index in [4.69, 9.17) is 0 Å². The second-order valence-electron chi connectivity index (χ2n) is 10.8. The second-order valence-corrected chi connectivity index (χ2v) is 10.8. The molecule has 1 spiro atoms. The second kappa shape index (κ2) is 8.61. The molecule has 2 atom stereocenters. The highest BCUT2D eigenvalue weighted by Crippen LogP contribution is 2.48. The maximum absolute atomic E-state index is 13.2. The summed E-state index contributed by atoms with van der Waals surface area (Å²) in [5.74, 6) is -0.361. The molecule has 5 rings (SSSR count). The van der Waals surface area contributed by atoms with Gasteiger partial charge >= 0.3 is 0 Å². The van der Waals surface area contributed by atoms with Crippen molar-refractivity contribution >= 4 is 23.4 Å². The standard InChI is InChI=1S/C29H31NO4/c1-28(11-12-28)26(33)22(13-19-5-3-2-4-6-19)16-24(31)15-20-7-8-21-17-29(18-23(21)14-20)10-9-25(32)30-27(29)34/h2-8,14,22H,9-13,15-18H2,1H3,(H,30,32,34)/t22?,29-/m1/s1. The number of fused-ring (bicyclic) bond motifs is 1. The molecular weight excluding hydrogens is 426 g/mol. The molecule has 2 aromatic carbocycles. The normalized spacial score (nSPS) is 23.3. The number of rotatable bonds is 8. The van der Waals surface area contributed by atoms with Crippen molar-refractivity contribution in [2.75, 3.05) is 0 Å². The molecule has 0 bridgehead atoms. The minimum Gasteiger partial charge on any atom is -0.299 e. The third-order valence-electron chi connectivity index (χ3n) is 8.06. The number of piperidine rings is 1. The monoisotopic (exact) mass is 457 g/mol. The molecule has 34 heavy (non-hydrogen) atoms. The van der Waals surface area contributed by atoms with Crippen molar-refractivity contribution in [2.24, 2.45) is 16.7 Å². The molecule has 2 fully saturated rings. The van der Waals surface area contributed by atoms with E-state index < -0.39 is 5.41 Å². The van der Waals surface area contributed by atoms with Crippen LogP contribution in [-0.4, -0.2) is 23.4 Å². The highest BCUT2D eigenvalue weighted by atomic mass is 16.2. The fraction of sp³-hybridized carbons (Fsp3) is 0.448. The number of Topliss-reactive ketones (excluding diaryl/α,β-unsaturated/α-hetero) is 2. The summed E-state index contributed by atoms with van der Waals surface area (Å²) in [6, 6.07) is 16.0. The van der Waals surface area contributed by atoms with Crippen LogP contribution in [-0.2, 0) is 44.9 Å². The Bertz CT molecular complexity index is 1160. The minimum absolute atomic E-state index is 0.0761. The fourth-order valence-electron chi connectivity index (χ4n) is 5.70. The summed E-state index contributed by atoms with van der Waals surface area (Å²) in [5.41, 5.74) is 3.44.